The zero-order valence-electron chi connectivity index (χ0n) is 13.1. The summed E-state index contributed by atoms with van der Waals surface area (Å²) in [6.07, 6.45) is 6.25. The second-order valence-corrected chi connectivity index (χ2v) is 8.45. The highest BCUT2D eigenvalue weighted by atomic mass is 32.2. The molecule has 1 unspecified atom stereocenters. The molecule has 20 heavy (non-hydrogen) atoms. The van der Waals surface area contributed by atoms with Crippen LogP contribution in [0.1, 0.15) is 32.6 Å². The van der Waals surface area contributed by atoms with Gasteiger partial charge in [-0.3, -0.25) is 0 Å². The summed E-state index contributed by atoms with van der Waals surface area (Å²) in [5.74, 6) is 0.837. The molecule has 0 saturated heterocycles. The first kappa shape index (κ1) is 18.2. The molecule has 1 aliphatic rings. The molecule has 0 bridgehead atoms. The normalized spacial score (nSPS) is 17.9. The number of thioether (sulfide) groups is 1. The van der Waals surface area contributed by atoms with Crippen molar-refractivity contribution in [2.75, 3.05) is 39.2 Å². The number of nitrogens with one attached hydrogen (secondary N) is 1. The third-order valence-corrected chi connectivity index (χ3v) is 6.48. The van der Waals surface area contributed by atoms with Crippen molar-refractivity contribution in [3.63, 3.8) is 0 Å². The van der Waals surface area contributed by atoms with Gasteiger partial charge in [-0.15, -0.1) is 0 Å². The molecule has 7 heteroatoms. The van der Waals surface area contributed by atoms with E-state index >= 15 is 0 Å². The first-order valence-electron chi connectivity index (χ1n) is 7.35. The van der Waals surface area contributed by atoms with Crippen molar-refractivity contribution in [1.82, 2.24) is 13.9 Å². The Kier molecular flexibility index (Phi) is 7.82. The fourth-order valence-corrected chi connectivity index (χ4v) is 4.43. The van der Waals surface area contributed by atoms with Crippen molar-refractivity contribution in [3.05, 3.63) is 0 Å². The van der Waals surface area contributed by atoms with E-state index in [0.717, 1.165) is 25.1 Å². The van der Waals surface area contributed by atoms with Crippen LogP contribution in [-0.4, -0.2) is 68.3 Å². The molecule has 1 N–H and O–H groups in total. The summed E-state index contributed by atoms with van der Waals surface area (Å²) >= 11 is 1.69. The van der Waals surface area contributed by atoms with Crippen LogP contribution in [0.2, 0.25) is 0 Å². The standard InChI is InChI=1S/C13H29N3O2S2/c1-5-13(11-19-4)16(3)20(17,18)15(2)10-6-9-14-12-7-8-12/h12-14H,5-11H2,1-4H3. The molecule has 0 radical (unpaired) electrons. The van der Waals surface area contributed by atoms with Crippen LogP contribution in [0, 0.1) is 0 Å². The summed E-state index contributed by atoms with van der Waals surface area (Å²) < 4.78 is 27.9. The zero-order valence-corrected chi connectivity index (χ0v) is 14.8. The molecule has 1 rings (SSSR count). The van der Waals surface area contributed by atoms with Crippen LogP contribution in [0.5, 0.6) is 0 Å². The molecule has 120 valence electrons. The van der Waals surface area contributed by atoms with Crippen LogP contribution in [-0.2, 0) is 10.2 Å². The fraction of sp³-hybridized carbons (Fsp3) is 1.00. The topological polar surface area (TPSA) is 52.7 Å². The Morgan fingerprint density at radius 1 is 1.35 bits per heavy atom. The van der Waals surface area contributed by atoms with Crippen molar-refractivity contribution in [2.45, 2.75) is 44.7 Å². The quantitative estimate of drug-likeness (QED) is 0.584. The molecule has 0 aliphatic heterocycles. The minimum Gasteiger partial charge on any atom is -0.314 e. The summed E-state index contributed by atoms with van der Waals surface area (Å²) in [5.41, 5.74) is 0. The van der Waals surface area contributed by atoms with E-state index in [9.17, 15) is 8.42 Å². The molecule has 0 aromatic heterocycles. The van der Waals surface area contributed by atoms with Gasteiger partial charge in [-0.2, -0.15) is 28.8 Å². The molecule has 1 fully saturated rings. The first-order chi connectivity index (χ1) is 9.43. The van der Waals surface area contributed by atoms with Crippen LogP contribution < -0.4 is 5.32 Å². The molecular formula is C13H29N3O2S2. The summed E-state index contributed by atoms with van der Waals surface area (Å²) in [6, 6.07) is 0.757. The van der Waals surface area contributed by atoms with Gasteiger partial charge < -0.3 is 5.32 Å². The molecule has 0 spiro atoms. The van der Waals surface area contributed by atoms with Gasteiger partial charge in [0.05, 0.1) is 0 Å². The molecule has 1 aliphatic carbocycles. The molecule has 1 saturated carbocycles. The number of hydrogen-bond acceptors (Lipinski definition) is 4. The van der Waals surface area contributed by atoms with Gasteiger partial charge in [0.15, 0.2) is 0 Å². The lowest BCUT2D eigenvalue weighted by Gasteiger charge is -2.30. The smallest absolute Gasteiger partial charge is 0.281 e. The fourth-order valence-electron chi connectivity index (χ4n) is 2.09. The maximum atomic E-state index is 12.5. The van der Waals surface area contributed by atoms with E-state index in [2.05, 4.69) is 5.32 Å². The Labute approximate surface area is 128 Å². The molecule has 1 atom stereocenters. The lowest BCUT2D eigenvalue weighted by atomic mass is 10.3. The average molecular weight is 324 g/mol. The predicted molar refractivity (Wildman–Crippen MR) is 87.4 cm³/mol. The Bertz CT molecular complexity index is 372. The SMILES string of the molecule is CCC(CSC)N(C)S(=O)(=O)N(C)CCCNC1CC1. The van der Waals surface area contributed by atoms with Gasteiger partial charge in [-0.25, -0.2) is 0 Å². The van der Waals surface area contributed by atoms with E-state index in [4.69, 9.17) is 0 Å². The van der Waals surface area contributed by atoms with Crippen molar-refractivity contribution < 1.29 is 8.42 Å². The van der Waals surface area contributed by atoms with Crippen LogP contribution in [0.3, 0.4) is 0 Å². The molecule has 0 aromatic rings. The minimum atomic E-state index is -3.33. The van der Waals surface area contributed by atoms with Gasteiger partial charge in [0.25, 0.3) is 10.2 Å². The van der Waals surface area contributed by atoms with Crippen LogP contribution in [0.4, 0.5) is 0 Å². The van der Waals surface area contributed by atoms with Crippen LogP contribution in [0.15, 0.2) is 0 Å². The third kappa shape index (κ3) is 5.52. The molecule has 5 nitrogen and oxygen atoms in total. The van der Waals surface area contributed by atoms with Gasteiger partial charge in [0.2, 0.25) is 0 Å². The largest absolute Gasteiger partial charge is 0.314 e. The third-order valence-electron chi connectivity index (χ3n) is 3.76. The van der Waals surface area contributed by atoms with E-state index in [1.54, 1.807) is 25.9 Å². The summed E-state index contributed by atoms with van der Waals surface area (Å²) in [6.45, 7) is 3.50. The molecule has 0 aromatic carbocycles. The van der Waals surface area contributed by atoms with Crippen LogP contribution >= 0.6 is 11.8 Å². The van der Waals surface area contributed by atoms with Gasteiger partial charge >= 0.3 is 0 Å². The van der Waals surface area contributed by atoms with Crippen molar-refractivity contribution in [3.8, 4) is 0 Å². The maximum Gasteiger partial charge on any atom is 0.281 e. The first-order valence-corrected chi connectivity index (χ1v) is 10.1. The van der Waals surface area contributed by atoms with Crippen molar-refractivity contribution in [1.29, 1.82) is 0 Å². The van der Waals surface area contributed by atoms with E-state index < -0.39 is 10.2 Å². The second kappa shape index (κ2) is 8.58. The highest BCUT2D eigenvalue weighted by molar-refractivity contribution is 7.98. The molecule has 0 amide bonds. The summed E-state index contributed by atoms with van der Waals surface area (Å²) in [4.78, 5) is 0. The molecular weight excluding hydrogens is 294 g/mol. The van der Waals surface area contributed by atoms with Crippen molar-refractivity contribution in [2.24, 2.45) is 0 Å². The number of nitrogens with zero attached hydrogens (tertiary/aromatic N) is 2. The summed E-state index contributed by atoms with van der Waals surface area (Å²) in [5, 5.41) is 3.41. The Morgan fingerprint density at radius 3 is 2.50 bits per heavy atom. The summed E-state index contributed by atoms with van der Waals surface area (Å²) in [7, 11) is 0.0365. The highest BCUT2D eigenvalue weighted by Crippen LogP contribution is 2.18. The second-order valence-electron chi connectivity index (χ2n) is 5.44. The number of rotatable bonds is 11. The van der Waals surface area contributed by atoms with E-state index in [1.165, 1.54) is 21.5 Å². The monoisotopic (exact) mass is 323 g/mol. The van der Waals surface area contributed by atoms with E-state index in [0.29, 0.717) is 12.6 Å². The zero-order chi connectivity index (χ0) is 15.2. The van der Waals surface area contributed by atoms with Crippen LogP contribution in [0.25, 0.3) is 0 Å². The highest BCUT2D eigenvalue weighted by Gasteiger charge is 2.28. The Morgan fingerprint density at radius 2 is 2.00 bits per heavy atom. The predicted octanol–water partition coefficient (Wildman–Crippen LogP) is 1.38. The maximum absolute atomic E-state index is 12.5. The van der Waals surface area contributed by atoms with E-state index in [1.807, 2.05) is 13.2 Å². The molecule has 0 heterocycles. The lowest BCUT2D eigenvalue weighted by Crippen LogP contribution is -2.46. The number of hydrogen-bond donors (Lipinski definition) is 1. The Balaban J connectivity index is 2.42. The average Bonchev–Trinajstić information content (AvgIpc) is 3.23. The van der Waals surface area contributed by atoms with Gasteiger partial charge in [0.1, 0.15) is 0 Å². The minimum absolute atomic E-state index is 0.0713. The van der Waals surface area contributed by atoms with Crippen molar-refractivity contribution >= 4 is 22.0 Å². The van der Waals surface area contributed by atoms with Gasteiger partial charge in [-0.05, 0) is 38.5 Å². The Hall–Kier alpha value is 0.180. The van der Waals surface area contributed by atoms with Gasteiger partial charge in [0, 0.05) is 38.5 Å². The van der Waals surface area contributed by atoms with Gasteiger partial charge in [-0.1, -0.05) is 6.92 Å². The van der Waals surface area contributed by atoms with E-state index in [-0.39, 0.29) is 6.04 Å². The lowest BCUT2D eigenvalue weighted by molar-refractivity contribution is 0.340.